The van der Waals surface area contributed by atoms with Crippen molar-refractivity contribution < 1.29 is 9.53 Å². The second-order valence-electron chi connectivity index (χ2n) is 7.21. The maximum absolute atomic E-state index is 13.3. The lowest BCUT2D eigenvalue weighted by molar-refractivity contribution is -0.113. The van der Waals surface area contributed by atoms with Crippen LogP contribution < -0.4 is 15.4 Å². The molecule has 0 aliphatic carbocycles. The van der Waals surface area contributed by atoms with E-state index in [2.05, 4.69) is 15.6 Å². The summed E-state index contributed by atoms with van der Waals surface area (Å²) in [5.41, 5.74) is 2.80. The number of nitrogens with one attached hydrogen (secondary N) is 2. The predicted molar refractivity (Wildman–Crippen MR) is 124 cm³/mol. The van der Waals surface area contributed by atoms with Gasteiger partial charge < -0.3 is 15.4 Å². The first-order valence-corrected chi connectivity index (χ1v) is 10.9. The highest BCUT2D eigenvalue weighted by Crippen LogP contribution is 2.38. The van der Waals surface area contributed by atoms with Gasteiger partial charge in [-0.3, -0.25) is 9.78 Å². The standard InChI is InChI=1S/C23H20N6O2S/c1-14-19(22(30)26-16-5-3-11-24-13-16)20(18-6-4-12-32-18)29-23(25-14)27-21(28-29)15-7-9-17(31-2)10-8-15/h3-13,20H,1-2H3,(H,26,30)(H,25,27,28). The van der Waals surface area contributed by atoms with Crippen molar-refractivity contribution >= 4 is 28.9 Å². The number of amides is 1. The fourth-order valence-electron chi connectivity index (χ4n) is 3.65. The zero-order valence-corrected chi connectivity index (χ0v) is 18.3. The molecule has 160 valence electrons. The van der Waals surface area contributed by atoms with Crippen molar-refractivity contribution in [1.82, 2.24) is 19.7 Å². The number of methoxy groups -OCH3 is 1. The molecule has 8 nitrogen and oxygen atoms in total. The Labute approximate surface area is 188 Å². The molecule has 1 unspecified atom stereocenters. The molecule has 1 amide bonds. The largest absolute Gasteiger partial charge is 0.497 e. The molecule has 0 bridgehead atoms. The molecular weight excluding hydrogens is 424 g/mol. The average molecular weight is 445 g/mol. The number of rotatable bonds is 5. The zero-order valence-electron chi connectivity index (χ0n) is 17.4. The Balaban J connectivity index is 1.55. The van der Waals surface area contributed by atoms with Crippen molar-refractivity contribution in [3.05, 3.63) is 82.5 Å². The lowest BCUT2D eigenvalue weighted by atomic mass is 10.0. The number of nitrogens with zero attached hydrogens (tertiary/aromatic N) is 4. The topological polar surface area (TPSA) is 94.0 Å². The Bertz CT molecular complexity index is 1280. The highest BCUT2D eigenvalue weighted by molar-refractivity contribution is 7.10. The zero-order chi connectivity index (χ0) is 22.1. The van der Waals surface area contributed by atoms with E-state index in [0.29, 0.717) is 23.0 Å². The number of hydrogen-bond donors (Lipinski definition) is 2. The quantitative estimate of drug-likeness (QED) is 0.476. The summed E-state index contributed by atoms with van der Waals surface area (Å²) in [4.78, 5) is 23.1. The normalized spacial score (nSPS) is 15.1. The van der Waals surface area contributed by atoms with Gasteiger partial charge in [0.05, 0.1) is 24.6 Å². The van der Waals surface area contributed by atoms with Crippen LogP contribution in [0.1, 0.15) is 17.8 Å². The van der Waals surface area contributed by atoms with E-state index in [9.17, 15) is 4.79 Å². The Kier molecular flexibility index (Phi) is 5.16. The molecule has 0 saturated heterocycles. The molecule has 0 radical (unpaired) electrons. The minimum absolute atomic E-state index is 0.214. The monoisotopic (exact) mass is 444 g/mol. The predicted octanol–water partition coefficient (Wildman–Crippen LogP) is 4.34. The second kappa shape index (κ2) is 8.27. The number of hydrogen-bond acceptors (Lipinski definition) is 7. The first-order valence-electron chi connectivity index (χ1n) is 9.97. The van der Waals surface area contributed by atoms with E-state index in [1.165, 1.54) is 0 Å². The molecule has 0 fully saturated rings. The molecule has 5 rings (SSSR count). The van der Waals surface area contributed by atoms with Crippen molar-refractivity contribution in [2.24, 2.45) is 0 Å². The van der Waals surface area contributed by atoms with E-state index in [1.54, 1.807) is 47.7 Å². The molecule has 3 aromatic heterocycles. The SMILES string of the molecule is COc1ccc(-c2nc3n(n2)C(c2cccs2)C(C(=O)Nc2cccnc2)=C(C)N3)cc1. The number of pyridine rings is 1. The van der Waals surface area contributed by atoms with Crippen molar-refractivity contribution in [2.45, 2.75) is 13.0 Å². The van der Waals surface area contributed by atoms with Crippen LogP contribution in [0, 0.1) is 0 Å². The molecule has 0 spiro atoms. The van der Waals surface area contributed by atoms with E-state index in [4.69, 9.17) is 14.8 Å². The summed E-state index contributed by atoms with van der Waals surface area (Å²) in [6.45, 7) is 1.88. The van der Waals surface area contributed by atoms with Crippen LogP contribution in [0.4, 0.5) is 11.6 Å². The van der Waals surface area contributed by atoms with Gasteiger partial charge in [-0.25, -0.2) is 4.68 Å². The summed E-state index contributed by atoms with van der Waals surface area (Å²) in [6, 6.07) is 14.7. The summed E-state index contributed by atoms with van der Waals surface area (Å²) in [6.07, 6.45) is 3.28. The maximum Gasteiger partial charge on any atom is 0.255 e. The first-order chi connectivity index (χ1) is 15.6. The van der Waals surface area contributed by atoms with E-state index in [-0.39, 0.29) is 5.91 Å². The number of benzene rings is 1. The number of thiophene rings is 1. The van der Waals surface area contributed by atoms with Gasteiger partial charge in [0.15, 0.2) is 5.82 Å². The molecule has 9 heteroatoms. The van der Waals surface area contributed by atoms with Crippen molar-refractivity contribution in [3.8, 4) is 17.1 Å². The van der Waals surface area contributed by atoms with Crippen LogP contribution in [0.25, 0.3) is 11.4 Å². The van der Waals surface area contributed by atoms with Crippen LogP contribution in [-0.2, 0) is 4.79 Å². The molecule has 32 heavy (non-hydrogen) atoms. The minimum Gasteiger partial charge on any atom is -0.497 e. The Morgan fingerprint density at radius 2 is 2.03 bits per heavy atom. The Morgan fingerprint density at radius 1 is 1.19 bits per heavy atom. The molecule has 1 atom stereocenters. The van der Waals surface area contributed by atoms with Crippen LogP contribution in [0.15, 0.2) is 77.6 Å². The average Bonchev–Trinajstić information content (AvgIpc) is 3.49. The summed E-state index contributed by atoms with van der Waals surface area (Å²) < 4.78 is 7.02. The van der Waals surface area contributed by atoms with Gasteiger partial charge in [0.25, 0.3) is 5.91 Å². The van der Waals surface area contributed by atoms with Crippen molar-refractivity contribution in [2.75, 3.05) is 17.7 Å². The molecule has 4 heterocycles. The number of ether oxygens (including phenoxy) is 1. The Hall–Kier alpha value is -3.98. The number of carbonyl (C=O) groups is 1. The second-order valence-corrected chi connectivity index (χ2v) is 8.19. The Morgan fingerprint density at radius 3 is 2.72 bits per heavy atom. The molecule has 1 aromatic carbocycles. The van der Waals surface area contributed by atoms with Crippen LogP contribution in [0.5, 0.6) is 5.75 Å². The van der Waals surface area contributed by atoms with Gasteiger partial charge in [0.2, 0.25) is 5.95 Å². The lowest BCUT2D eigenvalue weighted by Gasteiger charge is -2.27. The molecule has 0 saturated carbocycles. The first kappa shape index (κ1) is 20.0. The molecule has 2 N–H and O–H groups in total. The van der Waals surface area contributed by atoms with E-state index in [0.717, 1.165) is 21.9 Å². The number of anilines is 2. The molecule has 1 aliphatic heterocycles. The smallest absolute Gasteiger partial charge is 0.255 e. The van der Waals surface area contributed by atoms with Crippen LogP contribution in [0.2, 0.25) is 0 Å². The van der Waals surface area contributed by atoms with Gasteiger partial charge >= 0.3 is 0 Å². The van der Waals surface area contributed by atoms with Gasteiger partial charge in [0, 0.05) is 22.3 Å². The molecule has 1 aliphatic rings. The number of aromatic nitrogens is 4. The van der Waals surface area contributed by atoms with Crippen LogP contribution in [-0.4, -0.2) is 32.8 Å². The number of fused-ring (bicyclic) bond motifs is 1. The minimum atomic E-state index is -0.401. The maximum atomic E-state index is 13.3. The van der Waals surface area contributed by atoms with E-state index in [1.807, 2.05) is 48.7 Å². The highest BCUT2D eigenvalue weighted by Gasteiger charge is 2.35. The fraction of sp³-hybridized carbons (Fsp3) is 0.130. The number of allylic oxidation sites excluding steroid dienone is 1. The summed E-state index contributed by atoms with van der Waals surface area (Å²) >= 11 is 1.57. The van der Waals surface area contributed by atoms with Crippen LogP contribution >= 0.6 is 11.3 Å². The third kappa shape index (κ3) is 3.63. The van der Waals surface area contributed by atoms with Crippen LogP contribution in [0.3, 0.4) is 0 Å². The third-order valence-electron chi connectivity index (χ3n) is 5.18. The van der Waals surface area contributed by atoms with Gasteiger partial charge in [-0.15, -0.1) is 16.4 Å². The fourth-order valence-corrected chi connectivity index (χ4v) is 4.47. The van der Waals surface area contributed by atoms with E-state index < -0.39 is 6.04 Å². The summed E-state index contributed by atoms with van der Waals surface area (Å²) in [5.74, 6) is 1.70. The van der Waals surface area contributed by atoms with Gasteiger partial charge in [0.1, 0.15) is 11.8 Å². The van der Waals surface area contributed by atoms with Gasteiger partial charge in [-0.2, -0.15) is 4.98 Å². The van der Waals surface area contributed by atoms with E-state index >= 15 is 0 Å². The molecule has 4 aromatic rings. The van der Waals surface area contributed by atoms with Crippen molar-refractivity contribution in [3.63, 3.8) is 0 Å². The lowest BCUT2D eigenvalue weighted by Crippen LogP contribution is -2.31. The molecular formula is C23H20N6O2S. The number of carbonyl (C=O) groups excluding carboxylic acids is 1. The highest BCUT2D eigenvalue weighted by atomic mass is 32.1. The summed E-state index contributed by atoms with van der Waals surface area (Å²) in [5, 5.41) is 13.0. The van der Waals surface area contributed by atoms with Gasteiger partial charge in [-0.05, 0) is 54.8 Å². The van der Waals surface area contributed by atoms with Crippen molar-refractivity contribution in [1.29, 1.82) is 0 Å². The third-order valence-corrected chi connectivity index (χ3v) is 6.10. The van der Waals surface area contributed by atoms with Gasteiger partial charge in [-0.1, -0.05) is 6.07 Å². The summed E-state index contributed by atoms with van der Waals surface area (Å²) in [7, 11) is 1.63.